The number of hydrogen-bond donors (Lipinski definition) is 2. The lowest BCUT2D eigenvalue weighted by molar-refractivity contribution is -0.172. The maximum atomic E-state index is 11.4. The average Bonchev–Trinajstić information content (AvgIpc) is 3.11. The van der Waals surface area contributed by atoms with Crippen LogP contribution in [0.5, 0.6) is 0 Å². The van der Waals surface area contributed by atoms with Crippen molar-refractivity contribution in [3.63, 3.8) is 0 Å². The maximum Gasteiger partial charge on any atom is 0.432 e. The summed E-state index contributed by atoms with van der Waals surface area (Å²) in [5.41, 5.74) is 0.834. The summed E-state index contributed by atoms with van der Waals surface area (Å²) in [5.74, 6) is -2.01. The van der Waals surface area contributed by atoms with E-state index in [1.54, 1.807) is 24.5 Å². The molecule has 2 saturated heterocycles. The zero-order chi connectivity index (χ0) is 19.1. The largest absolute Gasteiger partial charge is 0.432 e. The molecule has 26 heavy (non-hydrogen) atoms. The predicted octanol–water partition coefficient (Wildman–Crippen LogP) is -0.104. The van der Waals surface area contributed by atoms with Gasteiger partial charge in [-0.15, -0.1) is 5.06 Å². The van der Waals surface area contributed by atoms with Crippen LogP contribution in [0.25, 0.3) is 0 Å². The zero-order valence-corrected chi connectivity index (χ0v) is 13.6. The minimum atomic E-state index is -0.838. The predicted molar refractivity (Wildman–Crippen MR) is 81.5 cm³/mol. The summed E-state index contributed by atoms with van der Waals surface area (Å²) in [6.07, 6.45) is 2.80. The fourth-order valence-corrected chi connectivity index (χ4v) is 2.01. The van der Waals surface area contributed by atoms with Crippen molar-refractivity contribution in [1.82, 2.24) is 20.4 Å². The van der Waals surface area contributed by atoms with Crippen molar-refractivity contribution in [3.05, 3.63) is 30.1 Å². The van der Waals surface area contributed by atoms with Crippen LogP contribution in [0.2, 0.25) is 0 Å². The molecule has 0 radical (unpaired) electrons. The van der Waals surface area contributed by atoms with Crippen LogP contribution in [0.1, 0.15) is 31.2 Å². The number of aromatic nitrogens is 1. The Bertz CT molecular complexity index is 690. The topological polar surface area (TPSA) is 146 Å². The Balaban J connectivity index is 0.000000254. The molecule has 0 spiro atoms. The van der Waals surface area contributed by atoms with Gasteiger partial charge in [0.05, 0.1) is 0 Å². The number of hydroxylamine groups is 4. The molecule has 0 atom stereocenters. The lowest BCUT2D eigenvalue weighted by atomic mass is 10.3. The van der Waals surface area contributed by atoms with E-state index in [1.807, 2.05) is 0 Å². The molecule has 5 amide bonds. The summed E-state index contributed by atoms with van der Waals surface area (Å²) >= 11 is 0. The molecule has 3 heterocycles. The standard InChI is InChI=1S/C11H11N3O4.C4H5NO3/c15-9-1-2-10(16)14(9)18-11(17)13-7-8-3-5-12-6-4-8;6-3-1-2-4(7)5(3)8/h3-6H,1-2,7H2,(H,13,17);8H,1-2H2. The van der Waals surface area contributed by atoms with Crippen molar-refractivity contribution in [2.45, 2.75) is 32.2 Å². The minimum Gasteiger partial charge on any atom is -0.316 e. The highest BCUT2D eigenvalue weighted by Crippen LogP contribution is 2.12. The molecular formula is C15H16N4O7. The van der Waals surface area contributed by atoms with Gasteiger partial charge in [-0.05, 0) is 17.7 Å². The van der Waals surface area contributed by atoms with Gasteiger partial charge < -0.3 is 10.2 Å². The fourth-order valence-electron chi connectivity index (χ4n) is 2.01. The first-order valence-electron chi connectivity index (χ1n) is 7.63. The Kier molecular flexibility index (Phi) is 6.33. The van der Waals surface area contributed by atoms with Crippen LogP contribution in [-0.2, 0) is 30.6 Å². The van der Waals surface area contributed by atoms with Crippen LogP contribution >= 0.6 is 0 Å². The van der Waals surface area contributed by atoms with E-state index in [0.29, 0.717) is 5.06 Å². The van der Waals surface area contributed by atoms with Gasteiger partial charge in [-0.25, -0.2) is 4.79 Å². The highest BCUT2D eigenvalue weighted by Gasteiger charge is 2.32. The number of pyridine rings is 1. The van der Waals surface area contributed by atoms with E-state index in [0.717, 1.165) is 5.56 Å². The SMILES string of the molecule is O=C(NCc1ccncc1)ON1C(=O)CCC1=O.O=C1CCC(=O)N1O. The molecule has 0 aromatic carbocycles. The summed E-state index contributed by atoms with van der Waals surface area (Å²) < 4.78 is 0. The molecule has 3 rings (SSSR count). The quantitative estimate of drug-likeness (QED) is 0.558. The number of amides is 5. The van der Waals surface area contributed by atoms with Gasteiger partial charge in [-0.1, -0.05) is 0 Å². The first-order chi connectivity index (χ1) is 12.4. The highest BCUT2D eigenvalue weighted by molar-refractivity contribution is 6.01. The Labute approximate surface area is 147 Å². The van der Waals surface area contributed by atoms with Gasteiger partial charge in [0.15, 0.2) is 0 Å². The van der Waals surface area contributed by atoms with E-state index in [1.165, 1.54) is 0 Å². The normalized spacial score (nSPS) is 16.5. The molecule has 11 nitrogen and oxygen atoms in total. The Hall–Kier alpha value is -3.34. The van der Waals surface area contributed by atoms with E-state index in [4.69, 9.17) is 5.21 Å². The number of carbonyl (C=O) groups is 5. The zero-order valence-electron chi connectivity index (χ0n) is 13.6. The second-order valence-corrected chi connectivity index (χ2v) is 5.27. The number of imide groups is 2. The Morgan fingerprint density at radius 2 is 1.50 bits per heavy atom. The first kappa shape index (κ1) is 19.0. The van der Waals surface area contributed by atoms with Crippen LogP contribution in [0.15, 0.2) is 24.5 Å². The number of carbonyl (C=O) groups excluding carboxylic acids is 5. The highest BCUT2D eigenvalue weighted by atomic mass is 16.7. The van der Waals surface area contributed by atoms with Crippen molar-refractivity contribution >= 4 is 29.7 Å². The monoisotopic (exact) mass is 364 g/mol. The van der Waals surface area contributed by atoms with Gasteiger partial charge in [0.25, 0.3) is 23.6 Å². The summed E-state index contributed by atoms with van der Waals surface area (Å²) in [6, 6.07) is 3.46. The first-order valence-corrected chi connectivity index (χ1v) is 7.63. The molecule has 1 aromatic rings. The van der Waals surface area contributed by atoms with Crippen molar-refractivity contribution in [2.75, 3.05) is 0 Å². The molecule has 1 aromatic heterocycles. The van der Waals surface area contributed by atoms with Crippen molar-refractivity contribution in [1.29, 1.82) is 0 Å². The third-order valence-electron chi connectivity index (χ3n) is 3.39. The van der Waals surface area contributed by atoms with E-state index < -0.39 is 29.7 Å². The number of hydrogen-bond acceptors (Lipinski definition) is 8. The number of nitrogens with one attached hydrogen (secondary N) is 1. The summed E-state index contributed by atoms with van der Waals surface area (Å²) in [5, 5.41) is 11.5. The molecule has 2 N–H and O–H groups in total. The second kappa shape index (κ2) is 8.67. The van der Waals surface area contributed by atoms with Crippen molar-refractivity contribution in [2.24, 2.45) is 0 Å². The fraction of sp³-hybridized carbons (Fsp3) is 0.333. The van der Waals surface area contributed by atoms with Crippen molar-refractivity contribution in [3.8, 4) is 0 Å². The smallest absolute Gasteiger partial charge is 0.316 e. The molecule has 0 aliphatic carbocycles. The molecule has 0 saturated carbocycles. The van der Waals surface area contributed by atoms with E-state index >= 15 is 0 Å². The molecule has 2 aliphatic rings. The number of rotatable bonds is 3. The van der Waals surface area contributed by atoms with Crippen LogP contribution in [0.4, 0.5) is 4.79 Å². The average molecular weight is 364 g/mol. The van der Waals surface area contributed by atoms with Crippen molar-refractivity contribution < 1.29 is 34.0 Å². The van der Waals surface area contributed by atoms with Gasteiger partial charge in [-0.3, -0.25) is 29.4 Å². The Morgan fingerprint density at radius 3 is 1.96 bits per heavy atom. The molecule has 0 bridgehead atoms. The van der Waals surface area contributed by atoms with E-state index in [-0.39, 0.29) is 37.3 Å². The third kappa shape index (κ3) is 5.08. The summed E-state index contributed by atoms with van der Waals surface area (Å²) in [7, 11) is 0. The lowest BCUT2D eigenvalue weighted by Gasteiger charge is -2.13. The molecule has 11 heteroatoms. The van der Waals surface area contributed by atoms with Crippen LogP contribution in [0.3, 0.4) is 0 Å². The lowest BCUT2D eigenvalue weighted by Crippen LogP contribution is -2.36. The van der Waals surface area contributed by atoms with E-state index in [2.05, 4.69) is 15.1 Å². The third-order valence-corrected chi connectivity index (χ3v) is 3.39. The molecular weight excluding hydrogens is 348 g/mol. The molecule has 2 aliphatic heterocycles. The summed E-state index contributed by atoms with van der Waals surface area (Å²) in [6.45, 7) is 0.234. The number of nitrogens with zero attached hydrogens (tertiary/aromatic N) is 3. The molecule has 2 fully saturated rings. The van der Waals surface area contributed by atoms with E-state index in [9.17, 15) is 24.0 Å². The second-order valence-electron chi connectivity index (χ2n) is 5.27. The molecule has 138 valence electrons. The van der Waals surface area contributed by atoms with Crippen LogP contribution < -0.4 is 5.32 Å². The van der Waals surface area contributed by atoms with Crippen LogP contribution in [-0.4, -0.2) is 50.0 Å². The Morgan fingerprint density at radius 1 is 1.00 bits per heavy atom. The molecule has 0 unspecified atom stereocenters. The van der Waals surface area contributed by atoms with Gasteiger partial charge in [0.2, 0.25) is 0 Å². The van der Waals surface area contributed by atoms with Gasteiger partial charge in [0.1, 0.15) is 0 Å². The van der Waals surface area contributed by atoms with Gasteiger partial charge in [0, 0.05) is 44.6 Å². The maximum absolute atomic E-state index is 11.4. The summed E-state index contributed by atoms with van der Waals surface area (Å²) in [4.78, 5) is 62.7. The minimum absolute atomic E-state index is 0.0798. The van der Waals surface area contributed by atoms with Crippen LogP contribution in [0, 0.1) is 0 Å². The van der Waals surface area contributed by atoms with Gasteiger partial charge >= 0.3 is 6.09 Å². The van der Waals surface area contributed by atoms with Gasteiger partial charge in [-0.2, -0.15) is 5.06 Å².